The maximum atomic E-state index is 12.9. The molecule has 2 heterocycles. The predicted octanol–water partition coefficient (Wildman–Crippen LogP) is 3.05. The van der Waals surface area contributed by atoms with Gasteiger partial charge in [-0.25, -0.2) is 4.39 Å². The Bertz CT molecular complexity index is 658. The highest BCUT2D eigenvalue weighted by molar-refractivity contribution is 7.99. The Labute approximate surface area is 145 Å². The minimum Gasteiger partial charge on any atom is -0.368 e. The maximum absolute atomic E-state index is 12.9. The monoisotopic (exact) mass is 345 g/mol. The zero-order valence-electron chi connectivity index (χ0n) is 13.4. The van der Waals surface area contributed by atoms with E-state index < -0.39 is 0 Å². The van der Waals surface area contributed by atoms with Crippen LogP contribution in [-0.4, -0.2) is 47.7 Å². The van der Waals surface area contributed by atoms with Gasteiger partial charge in [0.25, 0.3) is 0 Å². The molecule has 6 heteroatoms. The van der Waals surface area contributed by atoms with Crippen molar-refractivity contribution >= 4 is 23.4 Å². The molecule has 1 aliphatic heterocycles. The Morgan fingerprint density at radius 2 is 1.71 bits per heavy atom. The summed E-state index contributed by atoms with van der Waals surface area (Å²) in [5.74, 6) is 0.677. The summed E-state index contributed by atoms with van der Waals surface area (Å²) < 4.78 is 12.9. The molecular formula is C18H20FN3OS. The van der Waals surface area contributed by atoms with Gasteiger partial charge in [-0.15, -0.1) is 11.8 Å². The van der Waals surface area contributed by atoms with Crippen molar-refractivity contribution in [3.8, 4) is 0 Å². The third-order valence-electron chi connectivity index (χ3n) is 4.06. The van der Waals surface area contributed by atoms with E-state index in [9.17, 15) is 9.18 Å². The third kappa shape index (κ3) is 4.47. The number of aromatic nitrogens is 1. The summed E-state index contributed by atoms with van der Waals surface area (Å²) in [5.41, 5.74) is 1.16. The molecule has 0 radical (unpaired) electrons. The van der Waals surface area contributed by atoms with Crippen molar-refractivity contribution in [2.45, 2.75) is 11.3 Å². The minimum absolute atomic E-state index is 0.194. The maximum Gasteiger partial charge on any atom is 0.223 e. The van der Waals surface area contributed by atoms with Crippen LogP contribution in [0.25, 0.3) is 0 Å². The normalized spacial score (nSPS) is 14.7. The molecule has 0 N–H and O–H groups in total. The van der Waals surface area contributed by atoms with E-state index in [2.05, 4.69) is 9.88 Å². The van der Waals surface area contributed by atoms with Crippen molar-refractivity contribution in [2.75, 3.05) is 36.8 Å². The van der Waals surface area contributed by atoms with E-state index in [1.807, 2.05) is 17.0 Å². The lowest BCUT2D eigenvalue weighted by Crippen LogP contribution is -2.48. The molecule has 24 heavy (non-hydrogen) atoms. The summed E-state index contributed by atoms with van der Waals surface area (Å²) in [7, 11) is 0. The molecule has 1 saturated heterocycles. The van der Waals surface area contributed by atoms with Crippen molar-refractivity contribution in [1.29, 1.82) is 0 Å². The summed E-state index contributed by atoms with van der Waals surface area (Å²) in [5, 5.41) is 0. The fraction of sp³-hybridized carbons (Fsp3) is 0.333. The van der Waals surface area contributed by atoms with Crippen molar-refractivity contribution < 1.29 is 9.18 Å². The van der Waals surface area contributed by atoms with Gasteiger partial charge in [0.2, 0.25) is 5.91 Å². The number of amides is 1. The number of piperazine rings is 1. The molecule has 0 saturated carbocycles. The number of halogens is 1. The van der Waals surface area contributed by atoms with E-state index in [0.717, 1.165) is 42.5 Å². The van der Waals surface area contributed by atoms with Gasteiger partial charge in [0.15, 0.2) is 0 Å². The molecule has 0 unspecified atom stereocenters. The summed E-state index contributed by atoms with van der Waals surface area (Å²) in [6.45, 7) is 3.20. The average Bonchev–Trinajstić information content (AvgIpc) is 2.64. The van der Waals surface area contributed by atoms with Crippen LogP contribution in [0.5, 0.6) is 0 Å². The first-order valence-corrected chi connectivity index (χ1v) is 9.02. The molecule has 4 nitrogen and oxygen atoms in total. The van der Waals surface area contributed by atoms with Crippen LogP contribution in [0, 0.1) is 5.82 Å². The molecule has 1 amide bonds. The smallest absolute Gasteiger partial charge is 0.223 e. The number of nitrogens with zero attached hydrogens (tertiary/aromatic N) is 3. The van der Waals surface area contributed by atoms with Crippen molar-refractivity contribution in [2.24, 2.45) is 0 Å². The second-order valence-corrected chi connectivity index (χ2v) is 6.79. The summed E-state index contributed by atoms with van der Waals surface area (Å²) in [6, 6.07) is 10.4. The largest absolute Gasteiger partial charge is 0.368 e. The molecule has 1 fully saturated rings. The van der Waals surface area contributed by atoms with E-state index in [4.69, 9.17) is 0 Å². The topological polar surface area (TPSA) is 36.4 Å². The minimum atomic E-state index is -0.234. The van der Waals surface area contributed by atoms with Crippen LogP contribution in [0.2, 0.25) is 0 Å². The molecule has 1 aliphatic rings. The van der Waals surface area contributed by atoms with Crippen LogP contribution >= 0.6 is 11.8 Å². The lowest BCUT2D eigenvalue weighted by molar-refractivity contribution is -0.131. The number of rotatable bonds is 5. The molecule has 0 atom stereocenters. The van der Waals surface area contributed by atoms with Crippen molar-refractivity contribution in [1.82, 2.24) is 9.88 Å². The van der Waals surface area contributed by atoms with Gasteiger partial charge in [-0.3, -0.25) is 9.78 Å². The standard InChI is InChI=1S/C18H20FN3OS/c19-15-1-3-17(4-2-15)24-14-7-18(23)22-12-10-21(11-13-22)16-5-8-20-9-6-16/h1-6,8-9H,7,10-14H2. The molecular weight excluding hydrogens is 325 g/mol. The van der Waals surface area contributed by atoms with E-state index in [0.29, 0.717) is 6.42 Å². The zero-order valence-corrected chi connectivity index (χ0v) is 14.2. The van der Waals surface area contributed by atoms with Crippen LogP contribution in [0.3, 0.4) is 0 Å². The highest BCUT2D eigenvalue weighted by Crippen LogP contribution is 2.20. The number of thioether (sulfide) groups is 1. The second kappa shape index (κ2) is 8.15. The molecule has 1 aromatic heterocycles. The highest BCUT2D eigenvalue weighted by Gasteiger charge is 2.20. The van der Waals surface area contributed by atoms with Crippen molar-refractivity contribution in [3.05, 3.63) is 54.6 Å². The number of anilines is 1. The first-order chi connectivity index (χ1) is 11.7. The summed E-state index contributed by atoms with van der Waals surface area (Å²) in [6.07, 6.45) is 4.09. The Morgan fingerprint density at radius 1 is 1.04 bits per heavy atom. The Morgan fingerprint density at radius 3 is 2.38 bits per heavy atom. The molecule has 1 aromatic carbocycles. The van der Waals surface area contributed by atoms with Crippen LogP contribution in [0.15, 0.2) is 53.7 Å². The number of carbonyl (C=O) groups excluding carboxylic acids is 1. The quantitative estimate of drug-likeness (QED) is 0.781. The summed E-state index contributed by atoms with van der Waals surface area (Å²) >= 11 is 1.59. The number of carbonyl (C=O) groups is 1. The SMILES string of the molecule is O=C(CCSc1ccc(F)cc1)N1CCN(c2ccncc2)CC1. The van der Waals surface area contributed by atoms with E-state index in [1.54, 1.807) is 36.3 Å². The van der Waals surface area contributed by atoms with Gasteiger partial charge in [-0.1, -0.05) is 0 Å². The van der Waals surface area contributed by atoms with Gasteiger partial charge in [-0.2, -0.15) is 0 Å². The lowest BCUT2D eigenvalue weighted by atomic mass is 10.2. The Hall–Kier alpha value is -2.08. The zero-order chi connectivity index (χ0) is 16.8. The first-order valence-electron chi connectivity index (χ1n) is 8.03. The van der Waals surface area contributed by atoms with E-state index in [-0.39, 0.29) is 11.7 Å². The first kappa shape index (κ1) is 16.8. The molecule has 0 bridgehead atoms. The van der Waals surface area contributed by atoms with Gasteiger partial charge in [0.05, 0.1) is 0 Å². The van der Waals surface area contributed by atoms with Gasteiger partial charge >= 0.3 is 0 Å². The fourth-order valence-corrected chi connectivity index (χ4v) is 3.55. The Kier molecular flexibility index (Phi) is 5.69. The van der Waals surface area contributed by atoms with Gasteiger partial charge in [-0.05, 0) is 36.4 Å². The highest BCUT2D eigenvalue weighted by atomic mass is 32.2. The number of pyridine rings is 1. The van der Waals surface area contributed by atoms with Crippen LogP contribution in [-0.2, 0) is 4.79 Å². The van der Waals surface area contributed by atoms with E-state index >= 15 is 0 Å². The van der Waals surface area contributed by atoms with Crippen LogP contribution in [0.4, 0.5) is 10.1 Å². The number of benzene rings is 1. The van der Waals surface area contributed by atoms with Gasteiger partial charge in [0, 0.05) is 61.3 Å². The molecule has 0 aliphatic carbocycles. The molecule has 2 aromatic rings. The van der Waals surface area contributed by atoms with E-state index in [1.165, 1.54) is 12.1 Å². The molecule has 126 valence electrons. The summed E-state index contributed by atoms with van der Waals surface area (Å²) in [4.78, 5) is 21.5. The Balaban J connectivity index is 1.41. The van der Waals surface area contributed by atoms with Crippen LogP contribution in [0.1, 0.15) is 6.42 Å². The van der Waals surface area contributed by atoms with Gasteiger partial charge < -0.3 is 9.80 Å². The predicted molar refractivity (Wildman–Crippen MR) is 94.8 cm³/mol. The molecule has 0 spiro atoms. The van der Waals surface area contributed by atoms with Crippen LogP contribution < -0.4 is 4.90 Å². The number of hydrogen-bond donors (Lipinski definition) is 0. The third-order valence-corrected chi connectivity index (χ3v) is 5.07. The fourth-order valence-electron chi connectivity index (χ4n) is 2.71. The lowest BCUT2D eigenvalue weighted by Gasteiger charge is -2.36. The van der Waals surface area contributed by atoms with Gasteiger partial charge in [0.1, 0.15) is 5.82 Å². The average molecular weight is 345 g/mol. The second-order valence-electron chi connectivity index (χ2n) is 5.63. The number of hydrogen-bond acceptors (Lipinski definition) is 4. The van der Waals surface area contributed by atoms with Crippen molar-refractivity contribution in [3.63, 3.8) is 0 Å². The molecule has 3 rings (SSSR count).